The van der Waals surface area contributed by atoms with E-state index in [1.165, 1.54) is 5.57 Å². The van der Waals surface area contributed by atoms with Gasteiger partial charge >= 0.3 is 0 Å². The van der Waals surface area contributed by atoms with Gasteiger partial charge in [0.1, 0.15) is 36.9 Å². The molecule has 0 radical (unpaired) electrons. The Kier molecular flexibility index (Phi) is 9.86. The van der Waals surface area contributed by atoms with E-state index in [0.29, 0.717) is 30.1 Å². The van der Waals surface area contributed by atoms with Crippen molar-refractivity contribution < 1.29 is 24.1 Å². The lowest BCUT2D eigenvalue weighted by Gasteiger charge is -2.55. The molecule has 1 unspecified atom stereocenters. The zero-order chi connectivity index (χ0) is 31.2. The largest absolute Gasteiger partial charge is 0.483 e. The molecule has 1 fully saturated rings. The maximum atomic E-state index is 10.8. The van der Waals surface area contributed by atoms with Gasteiger partial charge in [-0.1, -0.05) is 55.4 Å². The highest BCUT2D eigenvalue weighted by Crippen LogP contribution is 2.55. The molecular weight excluding hydrogens is 536 g/mol. The molecule has 4 rings (SSSR count). The SMILES string of the molecule is C#CCOc1cc(/C=C/c2cc3c(c(OCC#C)c2)O[C@]2(C)CC[C@@H](O)C(C)(C)C2C3)cc(OCC#C)c1CC=C(C)C. The van der Waals surface area contributed by atoms with Crippen LogP contribution >= 0.6 is 0 Å². The summed E-state index contributed by atoms with van der Waals surface area (Å²) in [5.41, 5.74) is 4.19. The summed E-state index contributed by atoms with van der Waals surface area (Å²) in [6.45, 7) is 10.9. The summed E-state index contributed by atoms with van der Waals surface area (Å²) in [5, 5.41) is 10.8. The average molecular weight is 579 g/mol. The third-order valence-electron chi connectivity index (χ3n) is 8.63. The van der Waals surface area contributed by atoms with Crippen LogP contribution in [0.15, 0.2) is 35.9 Å². The number of rotatable bonds is 10. The minimum absolute atomic E-state index is 0.131. The van der Waals surface area contributed by atoms with E-state index in [4.69, 9.17) is 38.2 Å². The first-order valence-corrected chi connectivity index (χ1v) is 14.7. The zero-order valence-electron chi connectivity index (χ0n) is 26.0. The lowest BCUT2D eigenvalue weighted by Crippen LogP contribution is -2.58. The van der Waals surface area contributed by atoms with Crippen molar-refractivity contribution in [2.24, 2.45) is 11.3 Å². The fourth-order valence-corrected chi connectivity index (χ4v) is 6.25. The quantitative estimate of drug-likeness (QED) is 0.189. The molecule has 2 aromatic carbocycles. The van der Waals surface area contributed by atoms with Gasteiger partial charge in [0.05, 0.1) is 6.10 Å². The summed E-state index contributed by atoms with van der Waals surface area (Å²) in [4.78, 5) is 0. The number of fused-ring (bicyclic) bond motifs is 2. The van der Waals surface area contributed by atoms with E-state index in [1.54, 1.807) is 0 Å². The third-order valence-corrected chi connectivity index (χ3v) is 8.63. The highest BCUT2D eigenvalue weighted by atomic mass is 16.5. The van der Waals surface area contributed by atoms with E-state index < -0.39 is 5.60 Å². The Morgan fingerprint density at radius 1 is 0.907 bits per heavy atom. The number of hydrogen-bond acceptors (Lipinski definition) is 5. The van der Waals surface area contributed by atoms with Crippen LogP contribution in [0.5, 0.6) is 23.0 Å². The molecule has 1 N–H and O–H groups in total. The standard InChI is InChI=1S/C38H42O5/c1-9-18-40-31-22-28(23-32(41-19-10-2)30(31)15-12-26(4)5)14-13-27-21-29-25-34-37(6,7)35(39)16-17-38(34,8)43-36(29)33(24-27)42-20-11-3/h1-3,12-14,21-24,34-35,39H,15-20,25H2,4-8H3/b14-13+/t34?,35-,38-/m1/s1. The number of terminal acetylenes is 3. The molecule has 2 aromatic rings. The second-order valence-electron chi connectivity index (χ2n) is 12.3. The molecule has 0 aromatic heterocycles. The summed E-state index contributed by atoms with van der Waals surface area (Å²) in [5.74, 6) is 10.4. The first-order valence-electron chi connectivity index (χ1n) is 14.7. The molecular formula is C38H42O5. The summed E-state index contributed by atoms with van der Waals surface area (Å²) in [6, 6.07) is 7.99. The maximum Gasteiger partial charge on any atom is 0.165 e. The molecule has 0 amide bonds. The van der Waals surface area contributed by atoms with Crippen LogP contribution in [-0.4, -0.2) is 36.6 Å². The average Bonchev–Trinajstić information content (AvgIpc) is 2.97. The van der Waals surface area contributed by atoms with Crippen LogP contribution in [0.2, 0.25) is 0 Å². The van der Waals surface area contributed by atoms with E-state index in [-0.39, 0.29) is 37.3 Å². The van der Waals surface area contributed by atoms with Gasteiger partial charge in [0.15, 0.2) is 11.5 Å². The van der Waals surface area contributed by atoms with Crippen LogP contribution in [0.1, 0.15) is 69.7 Å². The topological polar surface area (TPSA) is 57.2 Å². The molecule has 0 bridgehead atoms. The van der Waals surface area contributed by atoms with Gasteiger partial charge in [-0.05, 0) is 92.8 Å². The van der Waals surface area contributed by atoms with Crippen LogP contribution < -0.4 is 18.9 Å². The van der Waals surface area contributed by atoms with Gasteiger partial charge in [-0.15, -0.1) is 19.3 Å². The Hall–Kier alpha value is -4.24. The monoisotopic (exact) mass is 578 g/mol. The summed E-state index contributed by atoms with van der Waals surface area (Å²) < 4.78 is 24.6. The second kappa shape index (κ2) is 13.4. The summed E-state index contributed by atoms with van der Waals surface area (Å²) in [6.07, 6.45) is 25.2. The first kappa shape index (κ1) is 31.7. The zero-order valence-corrected chi connectivity index (χ0v) is 26.0. The van der Waals surface area contributed by atoms with Crippen LogP contribution in [0.4, 0.5) is 0 Å². The molecule has 1 aliphatic heterocycles. The molecule has 43 heavy (non-hydrogen) atoms. The highest BCUT2D eigenvalue weighted by Gasteiger charge is 2.54. The van der Waals surface area contributed by atoms with Gasteiger partial charge in [0.2, 0.25) is 0 Å². The predicted molar refractivity (Wildman–Crippen MR) is 173 cm³/mol. The number of allylic oxidation sites excluding steroid dienone is 2. The Labute approximate surface area is 257 Å². The molecule has 3 atom stereocenters. The van der Waals surface area contributed by atoms with Gasteiger partial charge in [-0.2, -0.15) is 0 Å². The predicted octanol–water partition coefficient (Wildman–Crippen LogP) is 6.89. The van der Waals surface area contributed by atoms with Crippen molar-refractivity contribution in [2.75, 3.05) is 19.8 Å². The van der Waals surface area contributed by atoms with E-state index in [2.05, 4.69) is 50.7 Å². The molecule has 1 saturated carbocycles. The van der Waals surface area contributed by atoms with Gasteiger partial charge in [-0.25, -0.2) is 0 Å². The molecule has 0 spiro atoms. The lowest BCUT2D eigenvalue weighted by atomic mass is 9.57. The summed E-state index contributed by atoms with van der Waals surface area (Å²) in [7, 11) is 0. The smallest absolute Gasteiger partial charge is 0.165 e. The molecule has 2 aliphatic rings. The molecule has 5 nitrogen and oxygen atoms in total. The number of aliphatic hydroxyl groups excluding tert-OH is 1. The second-order valence-corrected chi connectivity index (χ2v) is 12.3. The van der Waals surface area contributed by atoms with E-state index in [9.17, 15) is 5.11 Å². The Morgan fingerprint density at radius 3 is 2.00 bits per heavy atom. The van der Waals surface area contributed by atoms with Crippen molar-refractivity contribution in [3.05, 3.63) is 58.2 Å². The number of benzene rings is 2. The van der Waals surface area contributed by atoms with Gasteiger partial charge in [-0.3, -0.25) is 0 Å². The van der Waals surface area contributed by atoms with Crippen molar-refractivity contribution in [1.82, 2.24) is 0 Å². The molecule has 224 valence electrons. The molecule has 0 saturated heterocycles. The van der Waals surface area contributed by atoms with E-state index in [1.807, 2.05) is 44.2 Å². The Balaban J connectivity index is 1.75. The van der Waals surface area contributed by atoms with Crippen LogP contribution in [-0.2, 0) is 12.8 Å². The Bertz CT molecular complexity index is 1480. The number of aliphatic hydroxyl groups is 1. The Morgan fingerprint density at radius 2 is 1.44 bits per heavy atom. The summed E-state index contributed by atoms with van der Waals surface area (Å²) >= 11 is 0. The fourth-order valence-electron chi connectivity index (χ4n) is 6.25. The molecule has 1 aliphatic carbocycles. The number of ether oxygens (including phenoxy) is 4. The van der Waals surface area contributed by atoms with Crippen LogP contribution in [0.25, 0.3) is 12.2 Å². The van der Waals surface area contributed by atoms with Crippen molar-refractivity contribution in [3.8, 4) is 60.0 Å². The van der Waals surface area contributed by atoms with E-state index >= 15 is 0 Å². The van der Waals surface area contributed by atoms with Crippen molar-refractivity contribution in [3.63, 3.8) is 0 Å². The molecule has 5 heteroatoms. The van der Waals surface area contributed by atoms with E-state index in [0.717, 1.165) is 40.8 Å². The van der Waals surface area contributed by atoms with Crippen molar-refractivity contribution in [1.29, 1.82) is 0 Å². The minimum atomic E-state index is -0.405. The molecule has 1 heterocycles. The normalized spacial score (nSPS) is 21.7. The van der Waals surface area contributed by atoms with Gasteiger partial charge in [0.25, 0.3) is 0 Å². The fraction of sp³-hybridized carbons (Fsp3) is 0.421. The third kappa shape index (κ3) is 7.05. The highest BCUT2D eigenvalue weighted by molar-refractivity contribution is 5.74. The van der Waals surface area contributed by atoms with Gasteiger partial charge in [0, 0.05) is 11.5 Å². The minimum Gasteiger partial charge on any atom is -0.483 e. The van der Waals surface area contributed by atoms with Crippen molar-refractivity contribution >= 4 is 12.2 Å². The lowest BCUT2D eigenvalue weighted by molar-refractivity contribution is -0.138. The van der Waals surface area contributed by atoms with Crippen molar-refractivity contribution in [2.45, 2.75) is 72.0 Å². The maximum absolute atomic E-state index is 10.8. The van der Waals surface area contributed by atoms with Crippen LogP contribution in [0, 0.1) is 48.4 Å². The first-order chi connectivity index (χ1) is 20.5. The number of hydrogen-bond donors (Lipinski definition) is 1. The van der Waals surface area contributed by atoms with Gasteiger partial charge < -0.3 is 24.1 Å². The van der Waals surface area contributed by atoms with Crippen LogP contribution in [0.3, 0.4) is 0 Å².